The fraction of sp³-hybridized carbons (Fsp3) is 0.361. The van der Waals surface area contributed by atoms with Crippen LogP contribution >= 0.6 is 23.2 Å². The minimum Gasteiger partial charge on any atom is -0.481 e. The van der Waals surface area contributed by atoms with Crippen LogP contribution in [0.5, 0.6) is 11.8 Å². The molecular weight excluding hydrogens is 621 g/mol. The highest BCUT2D eigenvalue weighted by molar-refractivity contribution is 6.39. The molecule has 2 aromatic heterocycles. The third-order valence-electron chi connectivity index (χ3n) is 9.38. The van der Waals surface area contributed by atoms with Gasteiger partial charge in [-0.3, -0.25) is 14.6 Å². The molecule has 8 nitrogen and oxygen atoms in total. The molecular formula is C36H37Cl2N5O3. The second-order valence-corrected chi connectivity index (χ2v) is 13.3. The molecule has 5 heterocycles. The van der Waals surface area contributed by atoms with Crippen molar-refractivity contribution in [3.8, 4) is 45.4 Å². The maximum atomic E-state index is 11.7. The summed E-state index contributed by atoms with van der Waals surface area (Å²) >= 11 is 14.2. The number of hydrogen-bond acceptors (Lipinski definition) is 7. The molecule has 0 radical (unpaired) electrons. The van der Waals surface area contributed by atoms with E-state index in [-0.39, 0.29) is 11.4 Å². The first kappa shape index (κ1) is 30.9. The van der Waals surface area contributed by atoms with Crippen molar-refractivity contribution in [1.82, 2.24) is 25.1 Å². The molecule has 3 fully saturated rings. The number of halogens is 2. The number of pyridine rings is 2. The van der Waals surface area contributed by atoms with E-state index in [0.717, 1.165) is 78.2 Å². The maximum absolute atomic E-state index is 11.7. The number of carbonyl (C=O) groups excluding carboxylic acids is 1. The monoisotopic (exact) mass is 657 g/mol. The molecule has 7 rings (SSSR count). The fourth-order valence-corrected chi connectivity index (χ4v) is 7.71. The largest absolute Gasteiger partial charge is 0.481 e. The molecule has 0 aliphatic carbocycles. The van der Waals surface area contributed by atoms with Crippen molar-refractivity contribution in [3.05, 3.63) is 81.8 Å². The predicted octanol–water partition coefficient (Wildman–Crippen LogP) is 6.86. The Bertz CT molecular complexity index is 1790. The molecule has 4 aromatic rings. The standard InChI is InChI=1S/C36H37Cl2N5O3/c1-45-34-23(19-42-17-3-4-18-42)11-13-29(39-34)27-9-5-7-25(32(27)37)26-8-6-10-28(33(26)38)30-14-12-24(35(40-30)46-2)20-43-21-36(22-43)16-15-31(44)41-36/h5-14H,3-4,15-22H2,1-2H3,(H,41,44). The zero-order valence-electron chi connectivity index (χ0n) is 26.1. The van der Waals surface area contributed by atoms with Gasteiger partial charge in [0.05, 0.1) is 41.2 Å². The number of amides is 1. The Morgan fingerprint density at radius 1 is 0.739 bits per heavy atom. The highest BCUT2D eigenvalue weighted by atomic mass is 35.5. The van der Waals surface area contributed by atoms with E-state index in [1.807, 2.05) is 54.6 Å². The van der Waals surface area contributed by atoms with Crippen molar-refractivity contribution in [2.75, 3.05) is 40.4 Å². The lowest BCUT2D eigenvalue weighted by Crippen LogP contribution is -2.66. The van der Waals surface area contributed by atoms with Crippen molar-refractivity contribution in [2.45, 2.75) is 44.3 Å². The highest BCUT2D eigenvalue weighted by Gasteiger charge is 2.47. The Balaban J connectivity index is 1.14. The van der Waals surface area contributed by atoms with E-state index in [4.69, 9.17) is 42.6 Å². The first-order valence-corrected chi connectivity index (χ1v) is 16.5. The zero-order chi connectivity index (χ0) is 31.8. The quantitative estimate of drug-likeness (QED) is 0.211. The molecule has 1 N–H and O–H groups in total. The third kappa shape index (κ3) is 5.95. The molecule has 1 spiro atoms. The summed E-state index contributed by atoms with van der Waals surface area (Å²) in [6, 6.07) is 19.9. The van der Waals surface area contributed by atoms with E-state index in [1.54, 1.807) is 14.2 Å². The van der Waals surface area contributed by atoms with Crippen LogP contribution in [0.25, 0.3) is 33.6 Å². The first-order valence-electron chi connectivity index (χ1n) is 15.8. The van der Waals surface area contributed by atoms with Gasteiger partial charge in [-0.2, -0.15) is 0 Å². The van der Waals surface area contributed by atoms with Crippen LogP contribution < -0.4 is 14.8 Å². The Labute approximate surface area is 279 Å². The van der Waals surface area contributed by atoms with Crippen molar-refractivity contribution in [1.29, 1.82) is 0 Å². The average Bonchev–Trinajstić information content (AvgIpc) is 3.71. The molecule has 0 unspecified atom stereocenters. The van der Waals surface area contributed by atoms with Crippen molar-refractivity contribution in [3.63, 3.8) is 0 Å². The molecule has 46 heavy (non-hydrogen) atoms. The smallest absolute Gasteiger partial charge is 0.220 e. The Morgan fingerprint density at radius 3 is 1.72 bits per heavy atom. The number of aromatic nitrogens is 2. The van der Waals surface area contributed by atoms with Gasteiger partial charge >= 0.3 is 0 Å². The van der Waals surface area contributed by atoms with E-state index >= 15 is 0 Å². The van der Waals surface area contributed by atoms with Crippen LogP contribution in [0.3, 0.4) is 0 Å². The molecule has 2 aromatic carbocycles. The first-order chi connectivity index (χ1) is 22.4. The molecule has 3 aliphatic heterocycles. The van der Waals surface area contributed by atoms with Crippen LogP contribution in [0.2, 0.25) is 10.0 Å². The van der Waals surface area contributed by atoms with Gasteiger partial charge in [-0.1, -0.05) is 71.7 Å². The van der Waals surface area contributed by atoms with Crippen molar-refractivity contribution in [2.24, 2.45) is 0 Å². The molecule has 0 bridgehead atoms. The molecule has 0 saturated carbocycles. The SMILES string of the molecule is COc1nc(-c2cccc(-c3cccc(-c4ccc(CN5CC6(CCC(=O)N6)C5)c(OC)n4)c3Cl)c2Cl)ccc1CN1CCCC1. The van der Waals surface area contributed by atoms with Gasteiger partial charge < -0.3 is 14.8 Å². The summed E-state index contributed by atoms with van der Waals surface area (Å²) < 4.78 is 11.4. The van der Waals surface area contributed by atoms with Crippen LogP contribution in [0, 0.1) is 0 Å². The number of carbonyl (C=O) groups is 1. The number of rotatable bonds is 9. The summed E-state index contributed by atoms with van der Waals surface area (Å²) in [5.41, 5.74) is 6.65. The molecule has 3 aliphatic rings. The van der Waals surface area contributed by atoms with E-state index in [1.165, 1.54) is 12.8 Å². The van der Waals surface area contributed by atoms with Gasteiger partial charge in [0.2, 0.25) is 17.7 Å². The molecule has 0 atom stereocenters. The maximum Gasteiger partial charge on any atom is 0.220 e. The molecule has 10 heteroatoms. The summed E-state index contributed by atoms with van der Waals surface area (Å²) in [7, 11) is 3.30. The van der Waals surface area contributed by atoms with Gasteiger partial charge in [0.25, 0.3) is 0 Å². The zero-order valence-corrected chi connectivity index (χ0v) is 27.6. The van der Waals surface area contributed by atoms with Crippen molar-refractivity contribution >= 4 is 29.1 Å². The second-order valence-electron chi connectivity index (χ2n) is 12.5. The summed E-state index contributed by atoms with van der Waals surface area (Å²) in [5.74, 6) is 1.33. The lowest BCUT2D eigenvalue weighted by atomic mass is 9.88. The number of ether oxygens (including phenoxy) is 2. The number of methoxy groups -OCH3 is 2. The van der Waals surface area contributed by atoms with Crippen LogP contribution in [-0.2, 0) is 17.9 Å². The minimum absolute atomic E-state index is 0.0663. The van der Waals surface area contributed by atoms with Crippen LogP contribution in [0.15, 0.2) is 60.7 Å². The summed E-state index contributed by atoms with van der Waals surface area (Å²) in [4.78, 5) is 26.2. The van der Waals surface area contributed by atoms with Crippen molar-refractivity contribution < 1.29 is 14.3 Å². The van der Waals surface area contributed by atoms with Crippen LogP contribution in [0.4, 0.5) is 0 Å². The van der Waals surface area contributed by atoms with E-state index < -0.39 is 0 Å². The topological polar surface area (TPSA) is 79.8 Å². The Morgan fingerprint density at radius 2 is 1.24 bits per heavy atom. The lowest BCUT2D eigenvalue weighted by molar-refractivity contribution is -0.120. The highest BCUT2D eigenvalue weighted by Crippen LogP contribution is 2.43. The Hall–Kier alpha value is -3.69. The number of benzene rings is 2. The van der Waals surface area contributed by atoms with E-state index in [2.05, 4.69) is 21.2 Å². The van der Waals surface area contributed by atoms with Gasteiger partial charge in [-0.05, 0) is 44.5 Å². The lowest BCUT2D eigenvalue weighted by Gasteiger charge is -2.48. The summed E-state index contributed by atoms with van der Waals surface area (Å²) in [6.07, 6.45) is 3.98. The summed E-state index contributed by atoms with van der Waals surface area (Å²) in [5, 5.41) is 4.26. The predicted molar refractivity (Wildman–Crippen MR) is 181 cm³/mol. The van der Waals surface area contributed by atoms with Gasteiger partial charge in [0, 0.05) is 66.0 Å². The fourth-order valence-electron chi connectivity index (χ4n) is 7.06. The number of hydrogen-bond donors (Lipinski definition) is 1. The molecule has 238 valence electrons. The van der Waals surface area contributed by atoms with Gasteiger partial charge in [0.15, 0.2) is 0 Å². The normalized spacial score (nSPS) is 17.7. The number of likely N-dealkylation sites (tertiary alicyclic amines) is 2. The van der Waals surface area contributed by atoms with Crippen LogP contribution in [-0.4, -0.2) is 71.6 Å². The van der Waals surface area contributed by atoms with E-state index in [0.29, 0.717) is 40.5 Å². The number of nitrogens with one attached hydrogen (secondary N) is 1. The average molecular weight is 659 g/mol. The number of nitrogens with zero attached hydrogens (tertiary/aromatic N) is 4. The third-order valence-corrected chi connectivity index (χ3v) is 10.2. The molecule has 1 amide bonds. The van der Waals surface area contributed by atoms with Gasteiger partial charge in [0.1, 0.15) is 0 Å². The van der Waals surface area contributed by atoms with E-state index in [9.17, 15) is 4.79 Å². The summed E-state index contributed by atoms with van der Waals surface area (Å²) in [6.45, 7) is 5.40. The minimum atomic E-state index is -0.0663. The Kier molecular flexibility index (Phi) is 8.63. The van der Waals surface area contributed by atoms with Gasteiger partial charge in [-0.15, -0.1) is 0 Å². The van der Waals surface area contributed by atoms with Gasteiger partial charge in [-0.25, -0.2) is 9.97 Å². The van der Waals surface area contributed by atoms with Crippen LogP contribution in [0.1, 0.15) is 36.8 Å². The molecule has 3 saturated heterocycles. The second kappa shape index (κ2) is 12.8.